The van der Waals surface area contributed by atoms with E-state index in [0.29, 0.717) is 24.5 Å². The number of amides is 1. The Hall–Kier alpha value is -3.01. The van der Waals surface area contributed by atoms with Gasteiger partial charge in [-0.1, -0.05) is 61.5 Å². The summed E-state index contributed by atoms with van der Waals surface area (Å²) in [5, 5.41) is 5.31. The Labute approximate surface area is 153 Å². The molecule has 3 rings (SSSR count). The quantitative estimate of drug-likeness (QED) is 0.691. The third-order valence-electron chi connectivity index (χ3n) is 4.33. The second-order valence-corrected chi connectivity index (χ2v) is 6.02. The zero-order valence-corrected chi connectivity index (χ0v) is 15.1. The van der Waals surface area contributed by atoms with E-state index >= 15 is 0 Å². The minimum Gasteiger partial charge on any atom is -0.493 e. The van der Waals surface area contributed by atoms with Crippen LogP contribution in [0.5, 0.6) is 11.5 Å². The number of hydrogen-bond acceptors (Lipinski definition) is 3. The predicted molar refractivity (Wildman–Crippen MR) is 103 cm³/mol. The molecule has 4 heteroatoms. The van der Waals surface area contributed by atoms with Crippen molar-refractivity contribution < 1.29 is 14.3 Å². The van der Waals surface area contributed by atoms with Crippen LogP contribution in [0.15, 0.2) is 66.7 Å². The molecule has 3 aromatic rings. The van der Waals surface area contributed by atoms with E-state index in [0.717, 1.165) is 16.3 Å². The SMILES string of the molecule is CC[C@H](Oc1ccccc1OC)C(=O)NCc1cccc2ccccc12. The molecular weight excluding hydrogens is 326 g/mol. The van der Waals surface area contributed by atoms with Crippen LogP contribution >= 0.6 is 0 Å². The molecule has 0 spiro atoms. The second-order valence-electron chi connectivity index (χ2n) is 6.02. The minimum absolute atomic E-state index is 0.133. The molecule has 134 valence electrons. The van der Waals surface area contributed by atoms with Crippen molar-refractivity contribution in [3.8, 4) is 11.5 Å². The van der Waals surface area contributed by atoms with Gasteiger partial charge in [0, 0.05) is 6.54 Å². The van der Waals surface area contributed by atoms with Crippen LogP contribution in [0.1, 0.15) is 18.9 Å². The zero-order valence-electron chi connectivity index (χ0n) is 15.1. The molecule has 4 nitrogen and oxygen atoms in total. The molecule has 3 aromatic carbocycles. The maximum atomic E-state index is 12.6. The molecule has 0 bridgehead atoms. The summed E-state index contributed by atoms with van der Waals surface area (Å²) in [5.41, 5.74) is 1.09. The van der Waals surface area contributed by atoms with Crippen molar-refractivity contribution in [3.63, 3.8) is 0 Å². The third-order valence-corrected chi connectivity index (χ3v) is 4.33. The molecule has 0 unspecified atom stereocenters. The van der Waals surface area contributed by atoms with Crippen LogP contribution < -0.4 is 14.8 Å². The first-order valence-electron chi connectivity index (χ1n) is 8.77. The smallest absolute Gasteiger partial charge is 0.261 e. The largest absolute Gasteiger partial charge is 0.493 e. The molecule has 26 heavy (non-hydrogen) atoms. The second kappa shape index (κ2) is 8.39. The summed E-state index contributed by atoms with van der Waals surface area (Å²) in [6, 6.07) is 21.6. The first-order chi connectivity index (χ1) is 12.7. The fourth-order valence-electron chi connectivity index (χ4n) is 2.93. The lowest BCUT2D eigenvalue weighted by atomic mass is 10.0. The van der Waals surface area contributed by atoms with E-state index in [1.165, 1.54) is 0 Å². The number of para-hydroxylation sites is 2. The van der Waals surface area contributed by atoms with Gasteiger partial charge in [-0.05, 0) is 34.9 Å². The van der Waals surface area contributed by atoms with Gasteiger partial charge in [-0.25, -0.2) is 0 Å². The minimum atomic E-state index is -0.568. The van der Waals surface area contributed by atoms with Gasteiger partial charge >= 0.3 is 0 Å². The summed E-state index contributed by atoms with van der Waals surface area (Å²) in [5.74, 6) is 1.06. The van der Waals surface area contributed by atoms with E-state index in [-0.39, 0.29) is 5.91 Å². The Kier molecular flexibility index (Phi) is 5.74. The topological polar surface area (TPSA) is 47.6 Å². The molecule has 1 atom stereocenters. The van der Waals surface area contributed by atoms with E-state index in [1.54, 1.807) is 13.2 Å². The Bertz CT molecular complexity index is 886. The highest BCUT2D eigenvalue weighted by atomic mass is 16.5. The number of carbonyl (C=O) groups excluding carboxylic acids is 1. The molecule has 0 aliphatic rings. The van der Waals surface area contributed by atoms with Crippen molar-refractivity contribution in [1.29, 1.82) is 0 Å². The number of benzene rings is 3. The monoisotopic (exact) mass is 349 g/mol. The molecule has 0 aromatic heterocycles. The van der Waals surface area contributed by atoms with Crippen LogP contribution in [0.3, 0.4) is 0 Å². The first-order valence-corrected chi connectivity index (χ1v) is 8.77. The number of carbonyl (C=O) groups is 1. The van der Waals surface area contributed by atoms with Crippen LogP contribution in [-0.2, 0) is 11.3 Å². The lowest BCUT2D eigenvalue weighted by molar-refractivity contribution is -0.128. The molecule has 0 saturated carbocycles. The molecular formula is C22H23NO3. The van der Waals surface area contributed by atoms with E-state index in [4.69, 9.17) is 9.47 Å². The van der Waals surface area contributed by atoms with Gasteiger partial charge in [-0.3, -0.25) is 4.79 Å². The highest BCUT2D eigenvalue weighted by molar-refractivity contribution is 5.86. The summed E-state index contributed by atoms with van der Waals surface area (Å²) in [6.07, 6.45) is 0.000606. The van der Waals surface area contributed by atoms with Crippen LogP contribution in [0.25, 0.3) is 10.8 Å². The molecule has 0 aliphatic carbocycles. The normalized spacial score (nSPS) is 11.8. The number of nitrogens with one attached hydrogen (secondary N) is 1. The van der Waals surface area contributed by atoms with Crippen LogP contribution in [-0.4, -0.2) is 19.1 Å². The average Bonchev–Trinajstić information content (AvgIpc) is 2.70. The van der Waals surface area contributed by atoms with Gasteiger partial charge < -0.3 is 14.8 Å². The molecule has 0 radical (unpaired) electrons. The molecule has 0 heterocycles. The summed E-state index contributed by atoms with van der Waals surface area (Å²) in [7, 11) is 1.59. The Morgan fingerprint density at radius 1 is 0.962 bits per heavy atom. The Morgan fingerprint density at radius 3 is 2.42 bits per heavy atom. The maximum absolute atomic E-state index is 12.6. The van der Waals surface area contributed by atoms with Crippen molar-refractivity contribution in [2.45, 2.75) is 26.0 Å². The van der Waals surface area contributed by atoms with Gasteiger partial charge in [-0.2, -0.15) is 0 Å². The summed E-state index contributed by atoms with van der Waals surface area (Å²) in [4.78, 5) is 12.6. The van der Waals surface area contributed by atoms with E-state index in [2.05, 4.69) is 23.5 Å². The van der Waals surface area contributed by atoms with Gasteiger partial charge in [0.15, 0.2) is 17.6 Å². The van der Waals surface area contributed by atoms with Gasteiger partial charge in [0.25, 0.3) is 5.91 Å². The van der Waals surface area contributed by atoms with Crippen molar-refractivity contribution in [2.75, 3.05) is 7.11 Å². The van der Waals surface area contributed by atoms with E-state index in [9.17, 15) is 4.79 Å². The molecule has 1 amide bonds. The van der Waals surface area contributed by atoms with Crippen LogP contribution in [0.4, 0.5) is 0 Å². The predicted octanol–water partition coefficient (Wildman–Crippen LogP) is 4.32. The van der Waals surface area contributed by atoms with Gasteiger partial charge in [0.2, 0.25) is 0 Å². The van der Waals surface area contributed by atoms with Crippen molar-refractivity contribution in [1.82, 2.24) is 5.32 Å². The van der Waals surface area contributed by atoms with Gasteiger partial charge in [-0.15, -0.1) is 0 Å². The third kappa shape index (κ3) is 3.97. The summed E-state index contributed by atoms with van der Waals surface area (Å²) >= 11 is 0. The van der Waals surface area contributed by atoms with Gasteiger partial charge in [0.1, 0.15) is 0 Å². The molecule has 0 saturated heterocycles. The zero-order chi connectivity index (χ0) is 18.4. The van der Waals surface area contributed by atoms with Crippen LogP contribution in [0.2, 0.25) is 0 Å². The molecule has 0 fully saturated rings. The maximum Gasteiger partial charge on any atom is 0.261 e. The van der Waals surface area contributed by atoms with E-state index in [1.807, 2.05) is 49.4 Å². The highest BCUT2D eigenvalue weighted by Gasteiger charge is 2.19. The fraction of sp³-hybridized carbons (Fsp3) is 0.227. The number of hydrogen-bond donors (Lipinski definition) is 1. The Morgan fingerprint density at radius 2 is 1.65 bits per heavy atom. The van der Waals surface area contributed by atoms with Crippen molar-refractivity contribution >= 4 is 16.7 Å². The highest BCUT2D eigenvalue weighted by Crippen LogP contribution is 2.27. The number of rotatable bonds is 7. The Balaban J connectivity index is 1.69. The summed E-state index contributed by atoms with van der Waals surface area (Å²) < 4.78 is 11.2. The van der Waals surface area contributed by atoms with Crippen molar-refractivity contribution in [3.05, 3.63) is 72.3 Å². The van der Waals surface area contributed by atoms with Crippen LogP contribution in [0, 0.1) is 0 Å². The summed E-state index contributed by atoms with van der Waals surface area (Å²) in [6.45, 7) is 2.39. The number of fused-ring (bicyclic) bond motifs is 1. The number of methoxy groups -OCH3 is 1. The van der Waals surface area contributed by atoms with E-state index < -0.39 is 6.10 Å². The molecule has 1 N–H and O–H groups in total. The lowest BCUT2D eigenvalue weighted by Crippen LogP contribution is -2.37. The standard InChI is InChI=1S/C22H23NO3/c1-3-19(26-21-14-7-6-13-20(21)25-2)22(24)23-15-17-11-8-10-16-9-4-5-12-18(16)17/h4-14,19H,3,15H2,1-2H3,(H,23,24)/t19-/m0/s1. The number of ether oxygens (including phenoxy) is 2. The van der Waals surface area contributed by atoms with Gasteiger partial charge in [0.05, 0.1) is 7.11 Å². The average molecular weight is 349 g/mol. The van der Waals surface area contributed by atoms with Crippen molar-refractivity contribution in [2.24, 2.45) is 0 Å². The lowest BCUT2D eigenvalue weighted by Gasteiger charge is -2.19. The first kappa shape index (κ1) is 17.8. The molecule has 0 aliphatic heterocycles. The fourth-order valence-corrected chi connectivity index (χ4v) is 2.93.